The summed E-state index contributed by atoms with van der Waals surface area (Å²) in [5.74, 6) is -0.999. The van der Waals surface area contributed by atoms with Gasteiger partial charge in [0.1, 0.15) is 0 Å². The van der Waals surface area contributed by atoms with Crippen molar-refractivity contribution in [2.45, 2.75) is 14.8 Å². The number of alkyl halides is 2. The van der Waals surface area contributed by atoms with Gasteiger partial charge >= 0.3 is 5.97 Å². The summed E-state index contributed by atoms with van der Waals surface area (Å²) >= 11 is 3.71. The second-order valence-electron chi connectivity index (χ2n) is 1.35. The zero-order valence-corrected chi connectivity index (χ0v) is 8.59. The molecule has 0 aromatic carbocycles. The van der Waals surface area contributed by atoms with Gasteiger partial charge in [-0.1, -0.05) is 52.1 Å². The van der Waals surface area contributed by atoms with Gasteiger partial charge in [0.25, 0.3) is 0 Å². The molecule has 0 saturated heterocycles. The molecular weight excluding hydrogens is 334 g/mol. The first-order chi connectivity index (χ1) is 3.50. The van der Waals surface area contributed by atoms with Crippen molar-refractivity contribution in [1.29, 1.82) is 0 Å². The molecule has 2 nitrogen and oxygen atoms in total. The summed E-state index contributed by atoms with van der Waals surface area (Å²) in [6.07, 6.45) is 0.594. The van der Waals surface area contributed by atoms with Gasteiger partial charge in [0.05, 0.1) is 0 Å². The Labute approximate surface area is 75.3 Å². The Hall–Kier alpha value is 0.930. The van der Waals surface area contributed by atoms with E-state index >= 15 is 0 Å². The summed E-state index contributed by atoms with van der Waals surface area (Å²) in [7, 11) is 0. The van der Waals surface area contributed by atoms with Gasteiger partial charge < -0.3 is 0 Å². The molecule has 1 radical (unpaired) electrons. The van der Waals surface area contributed by atoms with Crippen LogP contribution < -0.4 is 0 Å². The van der Waals surface area contributed by atoms with E-state index in [9.17, 15) is 9.90 Å². The molecule has 0 bridgehead atoms. The molecule has 0 aliphatic heterocycles. The second kappa shape index (κ2) is 3.19. The maximum atomic E-state index is 10.1. The van der Waals surface area contributed by atoms with Gasteiger partial charge in [-0.25, -0.2) is 9.90 Å². The van der Waals surface area contributed by atoms with E-state index < -0.39 is 7.40 Å². The third-order valence-electron chi connectivity index (χ3n) is 0.743. The fourth-order valence-corrected chi connectivity index (χ4v) is 0.144. The lowest BCUT2D eigenvalue weighted by atomic mass is 10.3. The summed E-state index contributed by atoms with van der Waals surface area (Å²) in [5, 5.41) is 10.1. The number of halogens is 2. The first-order valence-corrected chi connectivity index (χ1v) is 4.25. The molecule has 0 rings (SSSR count). The van der Waals surface area contributed by atoms with Crippen LogP contribution in [0.15, 0.2) is 0 Å². The molecule has 0 fully saturated rings. The SMILES string of the molecule is CCC(I)(I)C([O])=O. The normalized spacial score (nSPS) is 11.4. The van der Waals surface area contributed by atoms with E-state index in [1.54, 1.807) is 0 Å². The minimum atomic E-state index is -0.999. The van der Waals surface area contributed by atoms with Crippen molar-refractivity contribution in [3.63, 3.8) is 0 Å². The molecule has 0 spiro atoms. The van der Waals surface area contributed by atoms with Gasteiger partial charge in [-0.2, -0.15) is 0 Å². The van der Waals surface area contributed by atoms with Crippen molar-refractivity contribution in [3.05, 3.63) is 0 Å². The Balaban J connectivity index is 3.91. The van der Waals surface area contributed by atoms with E-state index in [0.717, 1.165) is 0 Å². The smallest absolute Gasteiger partial charge is 0.245 e. The highest BCUT2D eigenvalue weighted by molar-refractivity contribution is 14.2. The topological polar surface area (TPSA) is 37.0 Å². The van der Waals surface area contributed by atoms with Gasteiger partial charge in [-0.05, 0) is 6.42 Å². The molecule has 0 unspecified atom stereocenters. The number of hydrogen-bond donors (Lipinski definition) is 0. The molecule has 0 atom stereocenters. The summed E-state index contributed by atoms with van der Waals surface area (Å²) in [6.45, 7) is 1.81. The first kappa shape index (κ1) is 8.93. The van der Waals surface area contributed by atoms with Gasteiger partial charge in [0.2, 0.25) is 0 Å². The van der Waals surface area contributed by atoms with E-state index in [1.807, 2.05) is 52.1 Å². The number of hydrogen-bond acceptors (Lipinski definition) is 1. The standard InChI is InChI=1S/C4H5I2O2/c1-2-4(5,6)3(7)8/h2H2,1H3. The van der Waals surface area contributed by atoms with Crippen molar-refractivity contribution >= 4 is 51.2 Å². The molecule has 0 heterocycles. The van der Waals surface area contributed by atoms with Gasteiger partial charge in [-0.3, -0.25) is 0 Å². The summed E-state index contributed by atoms with van der Waals surface area (Å²) in [6, 6.07) is 0. The monoisotopic (exact) mass is 339 g/mol. The van der Waals surface area contributed by atoms with Crippen LogP contribution in [0.25, 0.3) is 0 Å². The predicted octanol–water partition coefficient (Wildman–Crippen LogP) is 1.92. The van der Waals surface area contributed by atoms with Crippen LogP contribution in [0.5, 0.6) is 0 Å². The van der Waals surface area contributed by atoms with Crippen LogP contribution in [0.3, 0.4) is 0 Å². The largest absolute Gasteiger partial charge is 0.381 e. The van der Waals surface area contributed by atoms with Crippen LogP contribution in [-0.4, -0.2) is 7.40 Å². The maximum Gasteiger partial charge on any atom is 0.381 e. The van der Waals surface area contributed by atoms with Crippen LogP contribution in [0.1, 0.15) is 13.3 Å². The molecule has 0 amide bonds. The number of rotatable bonds is 2. The van der Waals surface area contributed by atoms with E-state index in [2.05, 4.69) is 0 Å². The molecule has 0 aromatic heterocycles. The summed E-state index contributed by atoms with van der Waals surface area (Å²) in [5.41, 5.74) is 0. The average molecular weight is 339 g/mol. The fourth-order valence-electron chi connectivity index (χ4n) is 0.144. The quantitative estimate of drug-likeness (QED) is 0.560. The molecule has 0 aliphatic rings. The van der Waals surface area contributed by atoms with Crippen molar-refractivity contribution in [2.24, 2.45) is 0 Å². The van der Waals surface area contributed by atoms with E-state index in [1.165, 1.54) is 0 Å². The third-order valence-corrected chi connectivity index (χ3v) is 3.15. The number of carbonyl (C=O) groups is 1. The molecular formula is C4H5I2O2. The molecule has 8 heavy (non-hydrogen) atoms. The highest BCUT2D eigenvalue weighted by Crippen LogP contribution is 2.31. The lowest BCUT2D eigenvalue weighted by Gasteiger charge is -2.07. The second-order valence-corrected chi connectivity index (χ2v) is 7.09. The fraction of sp³-hybridized carbons (Fsp3) is 0.750. The number of carbonyl (C=O) groups excluding carboxylic acids is 1. The van der Waals surface area contributed by atoms with Crippen LogP contribution in [-0.2, 0) is 9.90 Å². The van der Waals surface area contributed by atoms with Crippen molar-refractivity contribution in [1.82, 2.24) is 0 Å². The highest BCUT2D eigenvalue weighted by atomic mass is 127. The van der Waals surface area contributed by atoms with Gasteiger partial charge in [0.15, 0.2) is 1.43 Å². The highest BCUT2D eigenvalue weighted by Gasteiger charge is 2.30. The summed E-state index contributed by atoms with van der Waals surface area (Å²) < 4.78 is -0.713. The minimum Gasteiger partial charge on any atom is -0.245 e. The maximum absolute atomic E-state index is 10.1. The van der Waals surface area contributed by atoms with Crippen LogP contribution in [0.4, 0.5) is 0 Å². The third kappa shape index (κ3) is 2.47. The van der Waals surface area contributed by atoms with E-state index in [0.29, 0.717) is 6.42 Å². The lowest BCUT2D eigenvalue weighted by Crippen LogP contribution is -2.20. The Morgan fingerprint density at radius 3 is 2.00 bits per heavy atom. The van der Waals surface area contributed by atoms with Crippen molar-refractivity contribution in [3.8, 4) is 0 Å². The van der Waals surface area contributed by atoms with E-state index in [-0.39, 0.29) is 0 Å². The van der Waals surface area contributed by atoms with Gasteiger partial charge in [-0.15, -0.1) is 0 Å². The Morgan fingerprint density at radius 2 is 2.00 bits per heavy atom. The molecule has 0 saturated carbocycles. The molecule has 47 valence electrons. The lowest BCUT2D eigenvalue weighted by molar-refractivity contribution is -0.142. The Morgan fingerprint density at radius 1 is 1.62 bits per heavy atom. The predicted molar refractivity (Wildman–Crippen MR) is 46.8 cm³/mol. The zero-order chi connectivity index (χ0) is 6.78. The summed E-state index contributed by atoms with van der Waals surface area (Å²) in [4.78, 5) is 10.1. The molecule has 4 heteroatoms. The average Bonchev–Trinajstić information content (AvgIpc) is 1.67. The van der Waals surface area contributed by atoms with Crippen molar-refractivity contribution < 1.29 is 9.90 Å². The minimum absolute atomic E-state index is 0.594. The molecule has 0 aliphatic carbocycles. The Bertz CT molecular complexity index is 100. The first-order valence-electron chi connectivity index (χ1n) is 2.10. The zero-order valence-electron chi connectivity index (χ0n) is 4.28. The van der Waals surface area contributed by atoms with Crippen LogP contribution >= 0.6 is 45.2 Å². The van der Waals surface area contributed by atoms with Crippen LogP contribution in [0, 0.1) is 0 Å². The Kier molecular flexibility index (Phi) is 3.56. The van der Waals surface area contributed by atoms with Crippen molar-refractivity contribution in [2.75, 3.05) is 0 Å². The molecule has 0 aromatic rings. The molecule has 0 N–H and O–H groups in total. The van der Waals surface area contributed by atoms with Crippen LogP contribution in [0.2, 0.25) is 0 Å². The van der Waals surface area contributed by atoms with E-state index in [4.69, 9.17) is 0 Å². The van der Waals surface area contributed by atoms with Gasteiger partial charge in [0, 0.05) is 0 Å².